The first-order valence-corrected chi connectivity index (χ1v) is 6.13. The number of nitrogen functional groups attached to an aromatic ring is 1. The SMILES string of the molecule is Nc1ccc2nc(-c3cccc4[nH]ccc34)[nH]c2c1. The Morgan fingerprint density at radius 1 is 1.00 bits per heavy atom. The van der Waals surface area contributed by atoms with E-state index in [1.807, 2.05) is 30.5 Å². The molecule has 19 heavy (non-hydrogen) atoms. The number of rotatable bonds is 1. The van der Waals surface area contributed by atoms with Crippen molar-refractivity contribution >= 4 is 27.6 Å². The van der Waals surface area contributed by atoms with E-state index < -0.39 is 0 Å². The van der Waals surface area contributed by atoms with Gasteiger partial charge >= 0.3 is 0 Å². The summed E-state index contributed by atoms with van der Waals surface area (Å²) in [5, 5.41) is 1.16. The second-order valence-corrected chi connectivity index (χ2v) is 4.61. The van der Waals surface area contributed by atoms with Crippen molar-refractivity contribution in [3.8, 4) is 11.4 Å². The van der Waals surface area contributed by atoms with Gasteiger partial charge in [0, 0.05) is 28.4 Å². The van der Waals surface area contributed by atoms with Gasteiger partial charge in [-0.05, 0) is 30.3 Å². The minimum Gasteiger partial charge on any atom is -0.399 e. The van der Waals surface area contributed by atoms with E-state index in [1.165, 1.54) is 0 Å². The maximum Gasteiger partial charge on any atom is 0.139 e. The van der Waals surface area contributed by atoms with Crippen molar-refractivity contribution in [2.75, 3.05) is 5.73 Å². The highest BCUT2D eigenvalue weighted by Gasteiger charge is 2.09. The van der Waals surface area contributed by atoms with Gasteiger partial charge < -0.3 is 15.7 Å². The summed E-state index contributed by atoms with van der Waals surface area (Å²) >= 11 is 0. The van der Waals surface area contributed by atoms with E-state index in [2.05, 4.69) is 33.2 Å². The molecule has 0 aliphatic heterocycles. The van der Waals surface area contributed by atoms with E-state index in [-0.39, 0.29) is 0 Å². The van der Waals surface area contributed by atoms with E-state index in [9.17, 15) is 0 Å². The second kappa shape index (κ2) is 3.62. The molecule has 0 atom stereocenters. The van der Waals surface area contributed by atoms with Crippen LogP contribution in [-0.2, 0) is 0 Å². The zero-order valence-electron chi connectivity index (χ0n) is 10.1. The lowest BCUT2D eigenvalue weighted by Crippen LogP contribution is -1.82. The summed E-state index contributed by atoms with van der Waals surface area (Å²) in [6.07, 6.45) is 1.94. The first-order valence-electron chi connectivity index (χ1n) is 6.13. The topological polar surface area (TPSA) is 70.5 Å². The number of fused-ring (bicyclic) bond motifs is 2. The van der Waals surface area contributed by atoms with Crippen molar-refractivity contribution in [3.63, 3.8) is 0 Å². The van der Waals surface area contributed by atoms with Crippen molar-refractivity contribution in [3.05, 3.63) is 48.7 Å². The highest BCUT2D eigenvalue weighted by atomic mass is 14.9. The van der Waals surface area contributed by atoms with Gasteiger partial charge in [0.2, 0.25) is 0 Å². The van der Waals surface area contributed by atoms with Crippen LogP contribution in [0.3, 0.4) is 0 Å². The van der Waals surface area contributed by atoms with Gasteiger partial charge in [-0.3, -0.25) is 0 Å². The number of aromatic nitrogens is 3. The molecular formula is C15H12N4. The van der Waals surface area contributed by atoms with Crippen molar-refractivity contribution in [1.29, 1.82) is 0 Å². The molecule has 4 N–H and O–H groups in total. The Morgan fingerprint density at radius 2 is 1.95 bits per heavy atom. The van der Waals surface area contributed by atoms with Crippen LogP contribution in [-0.4, -0.2) is 15.0 Å². The van der Waals surface area contributed by atoms with Crippen LogP contribution in [0.2, 0.25) is 0 Å². The molecule has 0 fully saturated rings. The quantitative estimate of drug-likeness (QED) is 0.452. The summed E-state index contributed by atoms with van der Waals surface area (Å²) in [7, 11) is 0. The van der Waals surface area contributed by atoms with Crippen molar-refractivity contribution in [2.24, 2.45) is 0 Å². The number of anilines is 1. The van der Waals surface area contributed by atoms with Crippen LogP contribution in [0.5, 0.6) is 0 Å². The minimum absolute atomic E-state index is 0.738. The molecule has 0 aliphatic carbocycles. The number of nitrogens with zero attached hydrogens (tertiary/aromatic N) is 1. The fourth-order valence-corrected chi connectivity index (χ4v) is 2.45. The third kappa shape index (κ3) is 1.50. The van der Waals surface area contributed by atoms with Crippen LogP contribution in [0.1, 0.15) is 0 Å². The Labute approximate surface area is 109 Å². The number of aromatic amines is 2. The van der Waals surface area contributed by atoms with E-state index in [0.717, 1.165) is 39.0 Å². The molecule has 4 nitrogen and oxygen atoms in total. The molecule has 0 spiro atoms. The molecule has 0 unspecified atom stereocenters. The minimum atomic E-state index is 0.738. The van der Waals surface area contributed by atoms with E-state index in [1.54, 1.807) is 0 Å². The first kappa shape index (κ1) is 10.2. The van der Waals surface area contributed by atoms with Crippen LogP contribution >= 0.6 is 0 Å². The van der Waals surface area contributed by atoms with Gasteiger partial charge in [-0.2, -0.15) is 0 Å². The Bertz CT molecular complexity index is 885. The van der Waals surface area contributed by atoms with Gasteiger partial charge in [-0.1, -0.05) is 12.1 Å². The molecule has 0 amide bonds. The molecule has 0 aliphatic rings. The highest BCUT2D eigenvalue weighted by molar-refractivity contribution is 5.95. The Hall–Kier alpha value is -2.75. The van der Waals surface area contributed by atoms with Gasteiger partial charge in [0.15, 0.2) is 0 Å². The van der Waals surface area contributed by atoms with Gasteiger partial charge in [0.1, 0.15) is 5.82 Å². The second-order valence-electron chi connectivity index (χ2n) is 4.61. The normalized spacial score (nSPS) is 11.4. The number of imidazole rings is 1. The molecule has 2 aromatic carbocycles. The molecule has 0 radical (unpaired) electrons. The number of benzene rings is 2. The number of H-pyrrole nitrogens is 2. The number of nitrogens with one attached hydrogen (secondary N) is 2. The predicted octanol–water partition coefficient (Wildman–Crippen LogP) is 3.29. The molecule has 92 valence electrons. The van der Waals surface area contributed by atoms with Crippen molar-refractivity contribution in [2.45, 2.75) is 0 Å². The van der Waals surface area contributed by atoms with Crippen molar-refractivity contribution in [1.82, 2.24) is 15.0 Å². The summed E-state index contributed by atoms with van der Waals surface area (Å²) in [5.41, 5.74) is 10.6. The summed E-state index contributed by atoms with van der Waals surface area (Å²) in [5.74, 6) is 0.866. The number of nitrogens with two attached hydrogens (primary N) is 1. The molecule has 0 saturated heterocycles. The van der Waals surface area contributed by atoms with Crippen LogP contribution in [0.25, 0.3) is 33.3 Å². The average Bonchev–Trinajstić information content (AvgIpc) is 3.03. The molecule has 0 bridgehead atoms. The average molecular weight is 248 g/mol. The van der Waals surface area contributed by atoms with Gasteiger partial charge in [0.25, 0.3) is 0 Å². The molecule has 0 saturated carbocycles. The predicted molar refractivity (Wildman–Crippen MR) is 77.8 cm³/mol. The maximum atomic E-state index is 5.79. The molecule has 2 aromatic heterocycles. The monoisotopic (exact) mass is 248 g/mol. The van der Waals surface area contributed by atoms with Gasteiger partial charge in [0.05, 0.1) is 11.0 Å². The molecule has 4 rings (SSSR count). The number of hydrogen-bond acceptors (Lipinski definition) is 2. The van der Waals surface area contributed by atoms with Crippen LogP contribution in [0.4, 0.5) is 5.69 Å². The number of hydrogen-bond donors (Lipinski definition) is 3. The molecule has 4 heteroatoms. The third-order valence-electron chi connectivity index (χ3n) is 3.36. The smallest absolute Gasteiger partial charge is 0.139 e. The van der Waals surface area contributed by atoms with Crippen LogP contribution < -0.4 is 5.73 Å². The van der Waals surface area contributed by atoms with Gasteiger partial charge in [-0.25, -0.2) is 4.98 Å². The lowest BCUT2D eigenvalue weighted by Gasteiger charge is -1.98. The molecule has 2 heterocycles. The zero-order valence-corrected chi connectivity index (χ0v) is 10.1. The van der Waals surface area contributed by atoms with Crippen LogP contribution in [0.15, 0.2) is 48.7 Å². The lowest BCUT2D eigenvalue weighted by atomic mass is 10.1. The Balaban J connectivity index is 2.01. The van der Waals surface area contributed by atoms with E-state index in [0.29, 0.717) is 0 Å². The lowest BCUT2D eigenvalue weighted by molar-refractivity contribution is 1.35. The third-order valence-corrected chi connectivity index (χ3v) is 3.36. The standard InChI is InChI=1S/C15H12N4/c16-9-4-5-13-14(8-9)19-15(18-13)11-2-1-3-12-10(11)6-7-17-12/h1-8,17H,16H2,(H,18,19). The summed E-state index contributed by atoms with van der Waals surface area (Å²) < 4.78 is 0. The largest absolute Gasteiger partial charge is 0.399 e. The zero-order chi connectivity index (χ0) is 12.8. The Kier molecular flexibility index (Phi) is 1.94. The fraction of sp³-hybridized carbons (Fsp3) is 0. The van der Waals surface area contributed by atoms with Crippen molar-refractivity contribution < 1.29 is 0 Å². The summed E-state index contributed by atoms with van der Waals surface area (Å²) in [6, 6.07) is 13.9. The summed E-state index contributed by atoms with van der Waals surface area (Å²) in [6.45, 7) is 0. The molecule has 4 aromatic rings. The highest BCUT2D eigenvalue weighted by Crippen LogP contribution is 2.28. The van der Waals surface area contributed by atoms with E-state index in [4.69, 9.17) is 5.73 Å². The first-order chi connectivity index (χ1) is 9.31. The van der Waals surface area contributed by atoms with E-state index >= 15 is 0 Å². The van der Waals surface area contributed by atoms with Gasteiger partial charge in [-0.15, -0.1) is 0 Å². The maximum absolute atomic E-state index is 5.79. The summed E-state index contributed by atoms with van der Waals surface area (Å²) in [4.78, 5) is 11.2. The van der Waals surface area contributed by atoms with Crippen LogP contribution in [0, 0.1) is 0 Å². The Morgan fingerprint density at radius 3 is 2.89 bits per heavy atom. The molecular weight excluding hydrogens is 236 g/mol. The fourth-order valence-electron chi connectivity index (χ4n) is 2.45.